The van der Waals surface area contributed by atoms with Crippen molar-refractivity contribution in [2.75, 3.05) is 13.6 Å². The largest absolute Gasteiger partial charge is 0.486 e. The van der Waals surface area contributed by atoms with Crippen LogP contribution in [0, 0.1) is 6.92 Å². The predicted molar refractivity (Wildman–Crippen MR) is 84.2 cm³/mol. The van der Waals surface area contributed by atoms with Gasteiger partial charge in [-0.05, 0) is 51.1 Å². The molecular formula is C18H23NO. The van der Waals surface area contributed by atoms with E-state index in [-0.39, 0.29) is 6.10 Å². The first-order valence-electron chi connectivity index (χ1n) is 7.22. The van der Waals surface area contributed by atoms with Crippen molar-refractivity contribution in [2.45, 2.75) is 25.9 Å². The van der Waals surface area contributed by atoms with Gasteiger partial charge in [0.1, 0.15) is 11.9 Å². The van der Waals surface area contributed by atoms with Crippen molar-refractivity contribution in [3.05, 3.63) is 65.7 Å². The highest BCUT2D eigenvalue weighted by Crippen LogP contribution is 2.26. The Morgan fingerprint density at radius 2 is 1.70 bits per heavy atom. The van der Waals surface area contributed by atoms with Gasteiger partial charge in [0.2, 0.25) is 0 Å². The highest BCUT2D eigenvalue weighted by atomic mass is 16.5. The maximum Gasteiger partial charge on any atom is 0.124 e. The number of hydrogen-bond acceptors (Lipinski definition) is 2. The van der Waals surface area contributed by atoms with Crippen LogP contribution in [0.5, 0.6) is 5.75 Å². The van der Waals surface area contributed by atoms with E-state index in [1.54, 1.807) is 0 Å². The van der Waals surface area contributed by atoms with Crippen molar-refractivity contribution in [1.82, 2.24) is 5.32 Å². The van der Waals surface area contributed by atoms with Crippen molar-refractivity contribution in [3.63, 3.8) is 0 Å². The number of nitrogens with one attached hydrogen (secondary N) is 1. The first-order valence-corrected chi connectivity index (χ1v) is 7.22. The molecule has 1 atom stereocenters. The second-order valence-corrected chi connectivity index (χ2v) is 5.08. The van der Waals surface area contributed by atoms with E-state index in [0.29, 0.717) is 0 Å². The minimum atomic E-state index is 0.118. The maximum absolute atomic E-state index is 6.17. The predicted octanol–water partition coefficient (Wildman–Crippen LogP) is 4.11. The highest BCUT2D eigenvalue weighted by Gasteiger charge is 2.12. The summed E-state index contributed by atoms with van der Waals surface area (Å²) >= 11 is 0. The Kier molecular flexibility index (Phi) is 5.63. The number of benzene rings is 2. The second kappa shape index (κ2) is 7.71. The van der Waals surface area contributed by atoms with E-state index in [1.165, 1.54) is 11.1 Å². The summed E-state index contributed by atoms with van der Waals surface area (Å²) in [5.74, 6) is 0.939. The molecule has 0 saturated carbocycles. The zero-order chi connectivity index (χ0) is 14.2. The molecule has 2 nitrogen and oxygen atoms in total. The minimum absolute atomic E-state index is 0.118. The summed E-state index contributed by atoms with van der Waals surface area (Å²) in [5.41, 5.74) is 2.49. The molecule has 0 radical (unpaired) electrons. The Morgan fingerprint density at radius 1 is 1.00 bits per heavy atom. The third-order valence-corrected chi connectivity index (χ3v) is 3.36. The lowest BCUT2D eigenvalue weighted by molar-refractivity contribution is 0.192. The Labute approximate surface area is 121 Å². The summed E-state index contributed by atoms with van der Waals surface area (Å²) in [5, 5.41) is 3.19. The average molecular weight is 269 g/mol. The van der Waals surface area contributed by atoms with Gasteiger partial charge in [0.05, 0.1) is 0 Å². The molecular weight excluding hydrogens is 246 g/mol. The van der Waals surface area contributed by atoms with Crippen molar-refractivity contribution < 1.29 is 4.74 Å². The summed E-state index contributed by atoms with van der Waals surface area (Å²) in [4.78, 5) is 0. The molecule has 2 aromatic rings. The number of aryl methyl sites for hydroxylation is 1. The van der Waals surface area contributed by atoms with Crippen molar-refractivity contribution in [1.29, 1.82) is 0 Å². The molecule has 0 aliphatic rings. The van der Waals surface area contributed by atoms with E-state index >= 15 is 0 Å². The van der Waals surface area contributed by atoms with Gasteiger partial charge < -0.3 is 10.1 Å². The van der Waals surface area contributed by atoms with Gasteiger partial charge >= 0.3 is 0 Å². The molecule has 0 aromatic heterocycles. The van der Waals surface area contributed by atoms with E-state index in [0.717, 1.165) is 25.1 Å². The molecule has 0 aliphatic heterocycles. The molecule has 2 aromatic carbocycles. The van der Waals surface area contributed by atoms with Gasteiger partial charge in [0.25, 0.3) is 0 Å². The molecule has 1 N–H and O–H groups in total. The summed E-state index contributed by atoms with van der Waals surface area (Å²) in [7, 11) is 1.98. The standard InChI is InChI=1S/C18H23NO/c1-15-10-12-17(13-11-15)20-18(9-6-14-19-2)16-7-4-3-5-8-16/h3-5,7-8,10-13,18-19H,6,9,14H2,1-2H3. The van der Waals surface area contributed by atoms with E-state index < -0.39 is 0 Å². The molecule has 0 saturated heterocycles. The van der Waals surface area contributed by atoms with Gasteiger partial charge in [-0.25, -0.2) is 0 Å². The molecule has 0 fully saturated rings. The number of ether oxygens (including phenoxy) is 1. The third-order valence-electron chi connectivity index (χ3n) is 3.36. The second-order valence-electron chi connectivity index (χ2n) is 5.08. The van der Waals surface area contributed by atoms with Gasteiger partial charge in [-0.1, -0.05) is 48.0 Å². The van der Waals surface area contributed by atoms with Gasteiger partial charge in [-0.2, -0.15) is 0 Å². The summed E-state index contributed by atoms with van der Waals surface area (Å²) in [6, 6.07) is 18.7. The van der Waals surface area contributed by atoms with Crippen LogP contribution >= 0.6 is 0 Å². The first kappa shape index (κ1) is 14.6. The Hall–Kier alpha value is -1.80. The lowest BCUT2D eigenvalue weighted by Gasteiger charge is -2.20. The van der Waals surface area contributed by atoms with Gasteiger partial charge in [0.15, 0.2) is 0 Å². The lowest BCUT2D eigenvalue weighted by Crippen LogP contribution is -2.13. The molecule has 0 heterocycles. The van der Waals surface area contributed by atoms with Crippen LogP contribution in [0.15, 0.2) is 54.6 Å². The maximum atomic E-state index is 6.17. The Balaban J connectivity index is 2.07. The third kappa shape index (κ3) is 4.39. The van der Waals surface area contributed by atoms with Crippen LogP contribution in [0.4, 0.5) is 0 Å². The molecule has 0 aliphatic carbocycles. The fraction of sp³-hybridized carbons (Fsp3) is 0.333. The summed E-state index contributed by atoms with van der Waals surface area (Å²) in [6.07, 6.45) is 2.23. The molecule has 2 rings (SSSR count). The van der Waals surface area contributed by atoms with Crippen molar-refractivity contribution >= 4 is 0 Å². The molecule has 0 bridgehead atoms. The van der Waals surface area contributed by atoms with E-state index in [1.807, 2.05) is 25.2 Å². The molecule has 20 heavy (non-hydrogen) atoms. The monoisotopic (exact) mass is 269 g/mol. The lowest BCUT2D eigenvalue weighted by atomic mass is 10.0. The zero-order valence-corrected chi connectivity index (χ0v) is 12.3. The van der Waals surface area contributed by atoms with Crippen LogP contribution in [-0.4, -0.2) is 13.6 Å². The molecule has 2 heteroatoms. The SMILES string of the molecule is CNCCCC(Oc1ccc(C)cc1)c1ccccc1. The van der Waals surface area contributed by atoms with Gasteiger partial charge in [-0.15, -0.1) is 0 Å². The quantitative estimate of drug-likeness (QED) is 0.764. The smallest absolute Gasteiger partial charge is 0.124 e. The average Bonchev–Trinajstić information content (AvgIpc) is 2.49. The van der Waals surface area contributed by atoms with Gasteiger partial charge in [0, 0.05) is 0 Å². The normalized spacial score (nSPS) is 12.1. The van der Waals surface area contributed by atoms with Crippen LogP contribution in [0.25, 0.3) is 0 Å². The first-order chi connectivity index (χ1) is 9.79. The molecule has 1 unspecified atom stereocenters. The Bertz CT molecular complexity index is 493. The molecule has 0 amide bonds. The fourth-order valence-electron chi connectivity index (χ4n) is 2.21. The number of rotatable bonds is 7. The Morgan fingerprint density at radius 3 is 2.35 bits per heavy atom. The molecule has 106 valence electrons. The van der Waals surface area contributed by atoms with E-state index in [9.17, 15) is 0 Å². The van der Waals surface area contributed by atoms with Crippen LogP contribution in [0.1, 0.15) is 30.1 Å². The minimum Gasteiger partial charge on any atom is -0.486 e. The number of hydrogen-bond donors (Lipinski definition) is 1. The van der Waals surface area contributed by atoms with E-state index in [4.69, 9.17) is 4.74 Å². The summed E-state index contributed by atoms with van der Waals surface area (Å²) < 4.78 is 6.17. The van der Waals surface area contributed by atoms with Crippen LogP contribution in [-0.2, 0) is 0 Å². The van der Waals surface area contributed by atoms with Crippen LogP contribution in [0.3, 0.4) is 0 Å². The topological polar surface area (TPSA) is 21.3 Å². The van der Waals surface area contributed by atoms with E-state index in [2.05, 4.69) is 48.6 Å². The molecule has 0 spiro atoms. The van der Waals surface area contributed by atoms with Crippen LogP contribution < -0.4 is 10.1 Å². The van der Waals surface area contributed by atoms with Crippen LogP contribution in [0.2, 0.25) is 0 Å². The fourth-order valence-corrected chi connectivity index (χ4v) is 2.21. The van der Waals surface area contributed by atoms with Crippen molar-refractivity contribution in [2.24, 2.45) is 0 Å². The van der Waals surface area contributed by atoms with Gasteiger partial charge in [-0.3, -0.25) is 0 Å². The highest BCUT2D eigenvalue weighted by molar-refractivity contribution is 5.28. The summed E-state index contributed by atoms with van der Waals surface area (Å²) in [6.45, 7) is 3.10. The van der Waals surface area contributed by atoms with Crippen molar-refractivity contribution in [3.8, 4) is 5.75 Å². The zero-order valence-electron chi connectivity index (χ0n) is 12.3.